The van der Waals surface area contributed by atoms with Crippen LogP contribution in [0.15, 0.2) is 59.5 Å². The first-order valence-electron chi connectivity index (χ1n) is 10.1. The summed E-state index contributed by atoms with van der Waals surface area (Å²) in [6.45, 7) is 0. The largest absolute Gasteiger partial charge is 0.497 e. The zero-order valence-corrected chi connectivity index (χ0v) is 18.2. The standard InChI is InChI=1S/C23H28N2O4S/c1-25(20-6-4-3-5-7-20)30(27,28)22-15-11-19(12-16-22)24-23(26)17-10-18-8-13-21(29-2)14-9-18/h8-17,20H,3-7H2,1-2H3,(H,24,26). The lowest BCUT2D eigenvalue weighted by molar-refractivity contribution is -0.111. The molecule has 0 radical (unpaired) electrons. The number of sulfonamides is 1. The summed E-state index contributed by atoms with van der Waals surface area (Å²) < 4.78 is 32.4. The minimum absolute atomic E-state index is 0.0613. The Labute approximate surface area is 178 Å². The van der Waals surface area contributed by atoms with E-state index in [4.69, 9.17) is 4.74 Å². The topological polar surface area (TPSA) is 75.7 Å². The Morgan fingerprint density at radius 1 is 1.03 bits per heavy atom. The number of anilines is 1. The Morgan fingerprint density at radius 3 is 2.27 bits per heavy atom. The summed E-state index contributed by atoms with van der Waals surface area (Å²) in [6, 6.07) is 13.7. The van der Waals surface area contributed by atoms with Crippen LogP contribution in [0.2, 0.25) is 0 Å². The first-order chi connectivity index (χ1) is 14.4. The monoisotopic (exact) mass is 428 g/mol. The molecule has 0 atom stereocenters. The fraction of sp³-hybridized carbons (Fsp3) is 0.348. The fourth-order valence-corrected chi connectivity index (χ4v) is 5.00. The number of carbonyl (C=O) groups excluding carboxylic acids is 1. The average molecular weight is 429 g/mol. The van der Waals surface area contributed by atoms with Gasteiger partial charge >= 0.3 is 0 Å². The predicted molar refractivity (Wildman–Crippen MR) is 119 cm³/mol. The smallest absolute Gasteiger partial charge is 0.248 e. The van der Waals surface area contributed by atoms with E-state index in [1.807, 2.05) is 24.3 Å². The average Bonchev–Trinajstić information content (AvgIpc) is 2.78. The fourth-order valence-electron chi connectivity index (χ4n) is 3.59. The molecule has 0 saturated heterocycles. The molecule has 0 unspecified atom stereocenters. The zero-order chi connectivity index (χ0) is 21.6. The van der Waals surface area contributed by atoms with Gasteiger partial charge in [0.2, 0.25) is 15.9 Å². The van der Waals surface area contributed by atoms with Crippen molar-refractivity contribution in [1.82, 2.24) is 4.31 Å². The SMILES string of the molecule is COc1ccc(C=CC(=O)Nc2ccc(S(=O)(=O)N(C)C3CCCCC3)cc2)cc1. The quantitative estimate of drug-likeness (QED) is 0.667. The van der Waals surface area contributed by atoms with E-state index in [-0.39, 0.29) is 16.8 Å². The van der Waals surface area contributed by atoms with Crippen molar-refractivity contribution in [3.8, 4) is 5.75 Å². The number of hydrogen-bond donors (Lipinski definition) is 1. The van der Waals surface area contributed by atoms with Crippen LogP contribution in [0.1, 0.15) is 37.7 Å². The van der Waals surface area contributed by atoms with E-state index in [0.717, 1.165) is 37.0 Å². The third-order valence-corrected chi connectivity index (χ3v) is 7.36. The van der Waals surface area contributed by atoms with Gasteiger partial charge in [-0.1, -0.05) is 31.4 Å². The van der Waals surface area contributed by atoms with Crippen LogP contribution in [0.5, 0.6) is 5.75 Å². The van der Waals surface area contributed by atoms with Crippen molar-refractivity contribution < 1.29 is 17.9 Å². The maximum Gasteiger partial charge on any atom is 0.248 e. The first-order valence-corrected chi connectivity index (χ1v) is 11.6. The molecule has 1 amide bonds. The molecule has 3 rings (SSSR count). The van der Waals surface area contributed by atoms with Gasteiger partial charge in [-0.2, -0.15) is 4.31 Å². The predicted octanol–water partition coefficient (Wildman–Crippen LogP) is 4.30. The molecule has 2 aromatic carbocycles. The van der Waals surface area contributed by atoms with Crippen molar-refractivity contribution in [3.05, 3.63) is 60.2 Å². The lowest BCUT2D eigenvalue weighted by Crippen LogP contribution is -2.38. The number of carbonyl (C=O) groups is 1. The maximum atomic E-state index is 12.9. The molecular weight excluding hydrogens is 400 g/mol. The molecule has 1 aliphatic carbocycles. The normalized spacial score (nSPS) is 15.4. The summed E-state index contributed by atoms with van der Waals surface area (Å²) in [5.74, 6) is 0.460. The second kappa shape index (κ2) is 9.91. The number of nitrogens with zero attached hydrogens (tertiary/aromatic N) is 1. The minimum atomic E-state index is -3.54. The minimum Gasteiger partial charge on any atom is -0.497 e. The summed E-state index contributed by atoms with van der Waals surface area (Å²) in [6.07, 6.45) is 8.26. The summed E-state index contributed by atoms with van der Waals surface area (Å²) in [7, 11) is -0.282. The number of hydrogen-bond acceptors (Lipinski definition) is 4. The highest BCUT2D eigenvalue weighted by Gasteiger charge is 2.28. The van der Waals surface area contributed by atoms with Gasteiger partial charge in [0.25, 0.3) is 0 Å². The summed E-state index contributed by atoms with van der Waals surface area (Å²) >= 11 is 0. The molecular formula is C23H28N2O4S. The van der Waals surface area contributed by atoms with Crippen molar-refractivity contribution in [3.63, 3.8) is 0 Å². The van der Waals surface area contributed by atoms with Crippen molar-refractivity contribution in [2.45, 2.75) is 43.0 Å². The van der Waals surface area contributed by atoms with Crippen molar-refractivity contribution in [2.75, 3.05) is 19.5 Å². The van der Waals surface area contributed by atoms with Gasteiger partial charge in [0.15, 0.2) is 0 Å². The van der Waals surface area contributed by atoms with Gasteiger partial charge < -0.3 is 10.1 Å². The van der Waals surface area contributed by atoms with Crippen LogP contribution in [0.3, 0.4) is 0 Å². The zero-order valence-electron chi connectivity index (χ0n) is 17.4. The van der Waals surface area contributed by atoms with Crippen LogP contribution >= 0.6 is 0 Å². The van der Waals surface area contributed by atoms with Gasteiger partial charge in [0.05, 0.1) is 12.0 Å². The van der Waals surface area contributed by atoms with E-state index in [1.54, 1.807) is 32.4 Å². The lowest BCUT2D eigenvalue weighted by atomic mass is 9.96. The molecule has 1 saturated carbocycles. The second-order valence-corrected chi connectivity index (χ2v) is 9.43. The molecule has 1 aliphatic rings. The number of methoxy groups -OCH3 is 1. The molecule has 1 fully saturated rings. The summed E-state index contributed by atoms with van der Waals surface area (Å²) in [5, 5.41) is 2.75. The Morgan fingerprint density at radius 2 is 1.67 bits per heavy atom. The molecule has 0 aliphatic heterocycles. The van der Waals surface area contributed by atoms with Crippen molar-refractivity contribution in [2.24, 2.45) is 0 Å². The van der Waals surface area contributed by atoms with E-state index in [2.05, 4.69) is 5.32 Å². The van der Waals surface area contributed by atoms with E-state index < -0.39 is 10.0 Å². The number of nitrogens with one attached hydrogen (secondary N) is 1. The molecule has 2 aromatic rings. The van der Waals surface area contributed by atoms with Gasteiger partial charge in [0, 0.05) is 24.9 Å². The first kappa shape index (κ1) is 22.1. The molecule has 0 bridgehead atoms. The highest BCUT2D eigenvalue weighted by molar-refractivity contribution is 7.89. The van der Waals surface area contributed by atoms with Crippen LogP contribution in [0, 0.1) is 0 Å². The summed E-state index contributed by atoms with van der Waals surface area (Å²) in [4.78, 5) is 12.4. The van der Waals surface area contributed by atoms with Crippen LogP contribution in [-0.4, -0.2) is 38.8 Å². The van der Waals surface area contributed by atoms with Crippen molar-refractivity contribution >= 4 is 27.7 Å². The third-order valence-electron chi connectivity index (χ3n) is 5.43. The lowest BCUT2D eigenvalue weighted by Gasteiger charge is -2.30. The van der Waals surface area contributed by atoms with Crippen LogP contribution < -0.4 is 10.1 Å². The highest BCUT2D eigenvalue weighted by atomic mass is 32.2. The van der Waals surface area contributed by atoms with E-state index in [1.165, 1.54) is 28.9 Å². The van der Waals surface area contributed by atoms with Gasteiger partial charge in [-0.3, -0.25) is 4.79 Å². The third kappa shape index (κ3) is 5.49. The number of amides is 1. The second-order valence-electron chi connectivity index (χ2n) is 7.43. The molecule has 160 valence electrons. The Hall–Kier alpha value is -2.64. The molecule has 30 heavy (non-hydrogen) atoms. The van der Waals surface area contributed by atoms with Crippen LogP contribution in [0.25, 0.3) is 6.08 Å². The molecule has 1 N–H and O–H groups in total. The van der Waals surface area contributed by atoms with Gasteiger partial charge in [-0.15, -0.1) is 0 Å². The number of benzene rings is 2. The number of rotatable bonds is 7. The molecule has 0 aromatic heterocycles. The Kier molecular flexibility index (Phi) is 7.29. The molecule has 7 heteroatoms. The van der Waals surface area contributed by atoms with E-state index >= 15 is 0 Å². The van der Waals surface area contributed by atoms with Gasteiger partial charge in [-0.05, 0) is 60.9 Å². The van der Waals surface area contributed by atoms with Crippen molar-refractivity contribution in [1.29, 1.82) is 0 Å². The van der Waals surface area contributed by atoms with Gasteiger partial charge in [-0.25, -0.2) is 8.42 Å². The van der Waals surface area contributed by atoms with E-state index in [9.17, 15) is 13.2 Å². The highest BCUT2D eigenvalue weighted by Crippen LogP contribution is 2.27. The van der Waals surface area contributed by atoms with Gasteiger partial charge in [0.1, 0.15) is 5.75 Å². The summed E-state index contributed by atoms with van der Waals surface area (Å²) in [5.41, 5.74) is 1.41. The van der Waals surface area contributed by atoms with Crippen LogP contribution in [-0.2, 0) is 14.8 Å². The Bertz CT molecular complexity index is 977. The van der Waals surface area contributed by atoms with Crippen LogP contribution in [0.4, 0.5) is 5.69 Å². The Balaban J connectivity index is 1.61. The maximum absolute atomic E-state index is 12.9. The molecule has 0 spiro atoms. The molecule has 0 heterocycles. The van der Waals surface area contributed by atoms with E-state index in [0.29, 0.717) is 5.69 Å². The molecule has 6 nitrogen and oxygen atoms in total. The number of ether oxygens (including phenoxy) is 1.